The zero-order chi connectivity index (χ0) is 24.8. The Kier molecular flexibility index (Phi) is 8.11. The van der Waals surface area contributed by atoms with Gasteiger partial charge in [0.15, 0.2) is 0 Å². The highest BCUT2D eigenvalue weighted by molar-refractivity contribution is 5.90. The maximum absolute atomic E-state index is 13.6. The van der Waals surface area contributed by atoms with Crippen LogP contribution in [0.25, 0.3) is 0 Å². The third-order valence-electron chi connectivity index (χ3n) is 7.53. The van der Waals surface area contributed by atoms with Crippen molar-refractivity contribution in [2.75, 3.05) is 26.2 Å². The van der Waals surface area contributed by atoms with Crippen molar-refractivity contribution < 1.29 is 14.3 Å². The first-order valence-electron chi connectivity index (χ1n) is 12.9. The molecule has 8 heteroatoms. The molecule has 1 aromatic carbocycles. The highest BCUT2D eigenvalue weighted by Gasteiger charge is 2.41. The van der Waals surface area contributed by atoms with Crippen LogP contribution in [0.1, 0.15) is 55.8 Å². The van der Waals surface area contributed by atoms with Gasteiger partial charge < -0.3 is 15.4 Å². The lowest BCUT2D eigenvalue weighted by Gasteiger charge is -2.41. The number of ether oxygens (including phenoxy) is 1. The number of para-hydroxylation sites is 1. The Morgan fingerprint density at radius 3 is 2.66 bits per heavy atom. The van der Waals surface area contributed by atoms with Crippen LogP contribution in [-0.2, 0) is 29.6 Å². The number of fused-ring (bicyclic) bond motifs is 1. The maximum Gasteiger partial charge on any atom is 0.242 e. The number of nitrogens with zero attached hydrogens (tertiary/aromatic N) is 3. The summed E-state index contributed by atoms with van der Waals surface area (Å²) in [5, 5.41) is 10.4. The Hall–Kier alpha value is -2.87. The van der Waals surface area contributed by atoms with Crippen LogP contribution in [0.15, 0.2) is 30.5 Å². The Balaban J connectivity index is 1.46. The number of piperidine rings is 1. The summed E-state index contributed by atoms with van der Waals surface area (Å²) < 4.78 is 7.80. The van der Waals surface area contributed by atoms with Crippen LogP contribution in [0.4, 0.5) is 0 Å². The minimum absolute atomic E-state index is 0.0175. The number of hydrogen-bond acceptors (Lipinski definition) is 5. The quantitative estimate of drug-likeness (QED) is 0.689. The Morgan fingerprint density at radius 1 is 1.14 bits per heavy atom. The first-order valence-corrected chi connectivity index (χ1v) is 12.9. The van der Waals surface area contributed by atoms with E-state index < -0.39 is 11.5 Å². The standard InChI is InChI=1S/C27H39N5O3/c1-20-23(18-31(3)30-20)19-32-15-12-27(13-16-32)11-7-6-9-22-8-4-5-10-24(22)35-17-14-28-25(33)21(2)29-26(27)34/h4-5,8,10,18,21H,6-7,9,11-17,19H2,1-3H3,(H,28,33)(H,29,34)/t21-/m0/s1. The molecule has 1 aromatic heterocycles. The summed E-state index contributed by atoms with van der Waals surface area (Å²) in [5.74, 6) is 0.723. The fourth-order valence-corrected chi connectivity index (χ4v) is 5.31. The largest absolute Gasteiger partial charge is 0.491 e. The summed E-state index contributed by atoms with van der Waals surface area (Å²) in [4.78, 5) is 28.6. The van der Waals surface area contributed by atoms with Gasteiger partial charge in [-0.05, 0) is 70.7 Å². The van der Waals surface area contributed by atoms with Crippen molar-refractivity contribution in [3.8, 4) is 5.75 Å². The molecule has 0 radical (unpaired) electrons. The fourth-order valence-electron chi connectivity index (χ4n) is 5.31. The van der Waals surface area contributed by atoms with E-state index >= 15 is 0 Å². The Morgan fingerprint density at radius 2 is 1.91 bits per heavy atom. The van der Waals surface area contributed by atoms with Gasteiger partial charge in [0.1, 0.15) is 18.4 Å². The summed E-state index contributed by atoms with van der Waals surface area (Å²) >= 11 is 0. The van der Waals surface area contributed by atoms with E-state index in [4.69, 9.17) is 4.74 Å². The fraction of sp³-hybridized carbons (Fsp3) is 0.593. The molecule has 2 amide bonds. The monoisotopic (exact) mass is 481 g/mol. The second-order valence-electron chi connectivity index (χ2n) is 10.1. The Labute approximate surface area is 208 Å². The lowest BCUT2D eigenvalue weighted by molar-refractivity contribution is -0.138. The van der Waals surface area contributed by atoms with Crippen molar-refractivity contribution in [2.24, 2.45) is 12.5 Å². The molecule has 190 valence electrons. The van der Waals surface area contributed by atoms with E-state index in [1.165, 1.54) is 11.1 Å². The normalized spacial score (nSPS) is 22.3. The number of nitrogens with one attached hydrogen (secondary N) is 2. The van der Waals surface area contributed by atoms with Crippen molar-refractivity contribution in [3.05, 3.63) is 47.3 Å². The van der Waals surface area contributed by atoms with Gasteiger partial charge in [-0.3, -0.25) is 19.2 Å². The van der Waals surface area contributed by atoms with Gasteiger partial charge >= 0.3 is 0 Å². The van der Waals surface area contributed by atoms with E-state index in [1.807, 2.05) is 36.9 Å². The van der Waals surface area contributed by atoms with Gasteiger partial charge in [-0.25, -0.2) is 0 Å². The second-order valence-corrected chi connectivity index (χ2v) is 10.1. The number of amides is 2. The molecule has 0 aliphatic carbocycles. The van der Waals surface area contributed by atoms with Gasteiger partial charge in [0.25, 0.3) is 0 Å². The zero-order valence-electron chi connectivity index (χ0n) is 21.3. The second kappa shape index (κ2) is 11.2. The molecule has 4 rings (SSSR count). The first kappa shape index (κ1) is 25.2. The number of rotatable bonds is 2. The molecule has 3 heterocycles. The van der Waals surface area contributed by atoms with Crippen molar-refractivity contribution in [3.63, 3.8) is 0 Å². The van der Waals surface area contributed by atoms with E-state index in [2.05, 4.69) is 32.9 Å². The lowest BCUT2D eigenvalue weighted by atomic mass is 9.73. The van der Waals surface area contributed by atoms with Crippen LogP contribution in [0.3, 0.4) is 0 Å². The van der Waals surface area contributed by atoms with E-state index in [1.54, 1.807) is 6.92 Å². The van der Waals surface area contributed by atoms with E-state index in [0.717, 1.165) is 69.6 Å². The summed E-state index contributed by atoms with van der Waals surface area (Å²) in [5.41, 5.74) is 3.04. The number of hydrogen-bond donors (Lipinski definition) is 2. The van der Waals surface area contributed by atoms with E-state index in [9.17, 15) is 9.59 Å². The number of aromatic nitrogens is 2. The third kappa shape index (κ3) is 6.23. The molecule has 1 saturated heterocycles. The molecule has 0 saturated carbocycles. The van der Waals surface area contributed by atoms with Crippen molar-refractivity contribution in [1.82, 2.24) is 25.3 Å². The maximum atomic E-state index is 13.6. The molecule has 1 atom stereocenters. The van der Waals surface area contributed by atoms with Crippen molar-refractivity contribution in [1.29, 1.82) is 0 Å². The van der Waals surface area contributed by atoms with Gasteiger partial charge in [0.2, 0.25) is 11.8 Å². The molecule has 0 bridgehead atoms. The molecule has 2 N–H and O–H groups in total. The minimum Gasteiger partial charge on any atom is -0.491 e. The Bertz CT molecular complexity index is 1030. The van der Waals surface area contributed by atoms with Gasteiger partial charge in [-0.15, -0.1) is 0 Å². The topological polar surface area (TPSA) is 88.5 Å². The number of likely N-dealkylation sites (tertiary alicyclic amines) is 1. The summed E-state index contributed by atoms with van der Waals surface area (Å²) in [7, 11) is 1.95. The number of aryl methyl sites for hydroxylation is 3. The molecular weight excluding hydrogens is 442 g/mol. The number of carbonyl (C=O) groups is 2. The molecule has 2 aliphatic rings. The predicted octanol–water partition coefficient (Wildman–Crippen LogP) is 2.74. The third-order valence-corrected chi connectivity index (χ3v) is 7.53. The van der Waals surface area contributed by atoms with Gasteiger partial charge in [0, 0.05) is 25.4 Å². The van der Waals surface area contributed by atoms with E-state index in [-0.39, 0.29) is 11.8 Å². The SMILES string of the molecule is Cc1nn(C)cc1CN1CCC2(CCCCc3ccccc3OCCNC(=O)[C@H](C)NC2=O)CC1. The molecule has 0 unspecified atom stereocenters. The molecule has 2 aromatic rings. The molecule has 2 aliphatic heterocycles. The van der Waals surface area contributed by atoms with Crippen LogP contribution in [-0.4, -0.2) is 58.8 Å². The van der Waals surface area contributed by atoms with Gasteiger partial charge in [-0.2, -0.15) is 5.10 Å². The highest BCUT2D eigenvalue weighted by Crippen LogP contribution is 2.38. The van der Waals surface area contributed by atoms with Crippen LogP contribution < -0.4 is 15.4 Å². The average Bonchev–Trinajstić information content (AvgIpc) is 3.16. The number of benzene rings is 1. The van der Waals surface area contributed by atoms with Crippen LogP contribution in [0.2, 0.25) is 0 Å². The van der Waals surface area contributed by atoms with Crippen LogP contribution in [0.5, 0.6) is 5.75 Å². The number of carbonyl (C=O) groups excluding carboxylic acids is 2. The predicted molar refractivity (Wildman–Crippen MR) is 135 cm³/mol. The van der Waals surface area contributed by atoms with Gasteiger partial charge in [-0.1, -0.05) is 24.6 Å². The van der Waals surface area contributed by atoms with Gasteiger partial charge in [0.05, 0.1) is 17.7 Å². The summed E-state index contributed by atoms with van der Waals surface area (Å²) in [6, 6.07) is 7.54. The van der Waals surface area contributed by atoms with Crippen LogP contribution in [0, 0.1) is 12.3 Å². The van der Waals surface area contributed by atoms with E-state index in [0.29, 0.717) is 13.2 Å². The first-order chi connectivity index (χ1) is 16.9. The average molecular weight is 482 g/mol. The molecule has 1 fully saturated rings. The summed E-state index contributed by atoms with van der Waals surface area (Å²) in [6.45, 7) is 7.19. The zero-order valence-corrected chi connectivity index (χ0v) is 21.3. The smallest absolute Gasteiger partial charge is 0.242 e. The molecule has 8 nitrogen and oxygen atoms in total. The highest BCUT2D eigenvalue weighted by atomic mass is 16.5. The van der Waals surface area contributed by atoms with Crippen molar-refractivity contribution >= 4 is 11.8 Å². The van der Waals surface area contributed by atoms with Crippen molar-refractivity contribution in [2.45, 2.75) is 65.0 Å². The van der Waals surface area contributed by atoms with Crippen LogP contribution >= 0.6 is 0 Å². The lowest BCUT2D eigenvalue weighted by Crippen LogP contribution is -2.53. The molecule has 35 heavy (non-hydrogen) atoms. The minimum atomic E-state index is -0.576. The summed E-state index contributed by atoms with van der Waals surface area (Å²) in [6.07, 6.45) is 7.39. The molecular formula is C27H39N5O3. The molecule has 1 spiro atoms.